The summed E-state index contributed by atoms with van der Waals surface area (Å²) in [5.74, 6) is 0.243. The minimum atomic E-state index is -4.52. The summed E-state index contributed by atoms with van der Waals surface area (Å²) in [5, 5.41) is 8.66. The third kappa shape index (κ3) is 3.52. The summed E-state index contributed by atoms with van der Waals surface area (Å²) in [6, 6.07) is 4.66. The van der Waals surface area contributed by atoms with Crippen molar-refractivity contribution >= 4 is 0 Å². The lowest BCUT2D eigenvalue weighted by Gasteiger charge is -2.10. The van der Waals surface area contributed by atoms with Gasteiger partial charge >= 0.3 is 6.18 Å². The van der Waals surface area contributed by atoms with Gasteiger partial charge in [-0.05, 0) is 25.1 Å². The lowest BCUT2D eigenvalue weighted by Crippen LogP contribution is -2.08. The monoisotopic (exact) mass is 241 g/mol. The summed E-state index contributed by atoms with van der Waals surface area (Å²) in [4.78, 5) is 0. The number of nitrogens with zero attached hydrogens (tertiary/aromatic N) is 1. The smallest absolute Gasteiger partial charge is 0.417 e. The van der Waals surface area contributed by atoms with Crippen LogP contribution < -0.4 is 4.74 Å². The summed E-state index contributed by atoms with van der Waals surface area (Å²) >= 11 is 0. The minimum Gasteiger partial charge on any atom is -0.489 e. The summed E-state index contributed by atoms with van der Waals surface area (Å²) in [6.07, 6.45) is -1.05. The van der Waals surface area contributed by atoms with Crippen molar-refractivity contribution in [3.8, 4) is 11.8 Å². The molecule has 0 fully saturated rings. The molecule has 0 saturated carbocycles. The summed E-state index contributed by atoms with van der Waals surface area (Å²) in [5.41, 5.74) is -1.38. The molecule has 2 nitrogen and oxygen atoms in total. The molecule has 0 unspecified atom stereocenters. The van der Waals surface area contributed by atoms with E-state index in [9.17, 15) is 13.2 Å². The maximum Gasteiger partial charge on any atom is 0.417 e. The van der Waals surface area contributed by atoms with Crippen LogP contribution in [0, 0.1) is 11.3 Å². The first-order chi connectivity index (χ1) is 7.99. The van der Waals surface area contributed by atoms with Crippen molar-refractivity contribution in [2.45, 2.75) is 13.1 Å². The van der Waals surface area contributed by atoms with Crippen LogP contribution >= 0.6 is 0 Å². The molecule has 0 radical (unpaired) electrons. The molecule has 0 heterocycles. The van der Waals surface area contributed by atoms with Crippen LogP contribution in [-0.2, 0) is 6.18 Å². The Labute approximate surface area is 96.9 Å². The largest absolute Gasteiger partial charge is 0.489 e. The van der Waals surface area contributed by atoms with E-state index in [0.29, 0.717) is 0 Å². The number of halogens is 3. The highest BCUT2D eigenvalue weighted by molar-refractivity contribution is 5.44. The normalized spacial score (nSPS) is 11.5. The van der Waals surface area contributed by atoms with Crippen LogP contribution in [0.4, 0.5) is 13.2 Å². The highest BCUT2D eigenvalue weighted by Crippen LogP contribution is 2.33. The third-order valence-corrected chi connectivity index (χ3v) is 2.00. The van der Waals surface area contributed by atoms with Gasteiger partial charge in [-0.15, -0.1) is 0 Å². The van der Waals surface area contributed by atoms with E-state index in [1.807, 2.05) is 0 Å². The van der Waals surface area contributed by atoms with Gasteiger partial charge in [-0.2, -0.15) is 18.4 Å². The predicted octanol–water partition coefficient (Wildman–Crippen LogP) is 3.53. The SMILES string of the molecule is C/C=C/COc1ccc(C(F)(F)F)c(C#N)c1. The molecular weight excluding hydrogens is 231 g/mol. The van der Waals surface area contributed by atoms with Crippen molar-refractivity contribution in [1.29, 1.82) is 5.26 Å². The van der Waals surface area contributed by atoms with E-state index in [-0.39, 0.29) is 12.4 Å². The summed E-state index contributed by atoms with van der Waals surface area (Å²) in [6.45, 7) is 2.06. The molecule has 0 amide bonds. The molecule has 0 bridgehead atoms. The first-order valence-corrected chi connectivity index (χ1v) is 4.84. The molecule has 0 aliphatic rings. The van der Waals surface area contributed by atoms with Crippen molar-refractivity contribution in [2.75, 3.05) is 6.61 Å². The van der Waals surface area contributed by atoms with E-state index in [0.717, 1.165) is 12.1 Å². The van der Waals surface area contributed by atoms with E-state index in [4.69, 9.17) is 10.00 Å². The second-order valence-corrected chi connectivity index (χ2v) is 3.20. The van der Waals surface area contributed by atoms with Crippen LogP contribution in [0.15, 0.2) is 30.4 Å². The number of allylic oxidation sites excluding steroid dienone is 1. The van der Waals surface area contributed by atoms with Gasteiger partial charge in [0, 0.05) is 0 Å². The number of hydrogen-bond donors (Lipinski definition) is 0. The highest BCUT2D eigenvalue weighted by atomic mass is 19.4. The molecule has 0 aromatic heterocycles. The van der Waals surface area contributed by atoms with E-state index in [1.54, 1.807) is 19.1 Å². The van der Waals surface area contributed by atoms with Gasteiger partial charge in [-0.3, -0.25) is 0 Å². The summed E-state index contributed by atoms with van der Waals surface area (Å²) < 4.78 is 42.6. The zero-order valence-electron chi connectivity index (χ0n) is 9.08. The topological polar surface area (TPSA) is 33.0 Å². The number of nitriles is 1. The quantitative estimate of drug-likeness (QED) is 0.758. The molecule has 0 aliphatic heterocycles. The van der Waals surface area contributed by atoms with Gasteiger partial charge < -0.3 is 4.74 Å². The van der Waals surface area contributed by atoms with Gasteiger partial charge in [0.05, 0.1) is 17.2 Å². The second kappa shape index (κ2) is 5.39. The van der Waals surface area contributed by atoms with Crippen molar-refractivity contribution < 1.29 is 17.9 Å². The Hall–Kier alpha value is -1.96. The molecular formula is C12H10F3NO. The van der Waals surface area contributed by atoms with Gasteiger partial charge in [0.15, 0.2) is 0 Å². The average Bonchev–Trinajstić information content (AvgIpc) is 2.28. The first-order valence-electron chi connectivity index (χ1n) is 4.84. The molecule has 0 atom stereocenters. The van der Waals surface area contributed by atoms with Crippen molar-refractivity contribution in [3.05, 3.63) is 41.5 Å². The Balaban J connectivity index is 2.98. The van der Waals surface area contributed by atoms with E-state index in [1.165, 1.54) is 12.1 Å². The average molecular weight is 241 g/mol. The Morgan fingerprint density at radius 1 is 1.41 bits per heavy atom. The van der Waals surface area contributed by atoms with Crippen molar-refractivity contribution in [1.82, 2.24) is 0 Å². The molecule has 5 heteroatoms. The fourth-order valence-corrected chi connectivity index (χ4v) is 1.19. The number of ether oxygens (including phenoxy) is 1. The molecule has 90 valence electrons. The number of alkyl halides is 3. The molecule has 0 saturated heterocycles. The Bertz CT molecular complexity index is 458. The fraction of sp³-hybridized carbons (Fsp3) is 0.250. The van der Waals surface area contributed by atoms with Crippen molar-refractivity contribution in [2.24, 2.45) is 0 Å². The fourth-order valence-electron chi connectivity index (χ4n) is 1.19. The molecule has 0 N–H and O–H groups in total. The van der Waals surface area contributed by atoms with Gasteiger partial charge in [0.25, 0.3) is 0 Å². The highest BCUT2D eigenvalue weighted by Gasteiger charge is 2.33. The van der Waals surface area contributed by atoms with Gasteiger partial charge in [0.2, 0.25) is 0 Å². The number of hydrogen-bond acceptors (Lipinski definition) is 2. The molecule has 0 aliphatic carbocycles. The van der Waals surface area contributed by atoms with Crippen LogP contribution in [0.2, 0.25) is 0 Å². The van der Waals surface area contributed by atoms with E-state index < -0.39 is 17.3 Å². The van der Waals surface area contributed by atoms with Crippen LogP contribution in [-0.4, -0.2) is 6.61 Å². The first kappa shape index (κ1) is 13.1. The van der Waals surface area contributed by atoms with E-state index in [2.05, 4.69) is 0 Å². The van der Waals surface area contributed by atoms with Crippen molar-refractivity contribution in [3.63, 3.8) is 0 Å². The Morgan fingerprint density at radius 2 is 2.12 bits per heavy atom. The predicted molar refractivity (Wildman–Crippen MR) is 56.5 cm³/mol. The standard InChI is InChI=1S/C12H10F3NO/c1-2-3-6-17-10-4-5-11(12(13,14)15)9(7-10)8-16/h2-5,7H,6H2,1H3/b3-2+. The number of rotatable bonds is 3. The molecule has 1 aromatic rings. The third-order valence-electron chi connectivity index (χ3n) is 2.00. The lowest BCUT2D eigenvalue weighted by molar-refractivity contribution is -0.137. The van der Waals surface area contributed by atoms with Gasteiger partial charge in [-0.1, -0.05) is 12.2 Å². The molecule has 1 rings (SSSR count). The van der Waals surface area contributed by atoms with Crippen LogP contribution in [0.3, 0.4) is 0 Å². The summed E-state index contributed by atoms with van der Waals surface area (Å²) in [7, 11) is 0. The lowest BCUT2D eigenvalue weighted by atomic mass is 10.1. The van der Waals surface area contributed by atoms with E-state index >= 15 is 0 Å². The second-order valence-electron chi connectivity index (χ2n) is 3.20. The molecule has 17 heavy (non-hydrogen) atoms. The maximum atomic E-state index is 12.5. The zero-order chi connectivity index (χ0) is 12.9. The van der Waals surface area contributed by atoms with Crippen LogP contribution in [0.25, 0.3) is 0 Å². The van der Waals surface area contributed by atoms with Gasteiger partial charge in [-0.25, -0.2) is 0 Å². The zero-order valence-corrected chi connectivity index (χ0v) is 9.08. The molecule has 0 spiro atoms. The Kier molecular flexibility index (Phi) is 4.16. The maximum absolute atomic E-state index is 12.5. The molecule has 1 aromatic carbocycles. The Morgan fingerprint density at radius 3 is 2.65 bits per heavy atom. The van der Waals surface area contributed by atoms with Gasteiger partial charge in [0.1, 0.15) is 12.4 Å². The van der Waals surface area contributed by atoms with Crippen LogP contribution in [0.1, 0.15) is 18.1 Å². The van der Waals surface area contributed by atoms with Crippen LogP contribution in [0.5, 0.6) is 5.75 Å². The number of benzene rings is 1. The minimum absolute atomic E-state index is 0.243.